The number of rotatable bonds is 3. The van der Waals surface area contributed by atoms with Gasteiger partial charge in [0.2, 0.25) is 6.79 Å². The molecule has 5 nitrogen and oxygen atoms in total. The van der Waals surface area contributed by atoms with Crippen LogP contribution in [0, 0.1) is 23.2 Å². The summed E-state index contributed by atoms with van der Waals surface area (Å²) < 4.78 is 10.6. The predicted octanol–water partition coefficient (Wildman–Crippen LogP) is 3.62. The molecular formula is C21H26N2O3S. The summed E-state index contributed by atoms with van der Waals surface area (Å²) in [5, 5.41) is 6.69. The van der Waals surface area contributed by atoms with E-state index in [0.29, 0.717) is 27.6 Å². The van der Waals surface area contributed by atoms with Gasteiger partial charge in [0.05, 0.1) is 0 Å². The minimum Gasteiger partial charge on any atom is -0.454 e. The number of benzene rings is 1. The molecule has 1 aromatic rings. The van der Waals surface area contributed by atoms with Crippen molar-refractivity contribution in [1.82, 2.24) is 10.6 Å². The smallest absolute Gasteiger partial charge is 0.257 e. The van der Waals surface area contributed by atoms with Crippen LogP contribution < -0.4 is 20.1 Å². The number of amides is 1. The second-order valence-electron chi connectivity index (χ2n) is 9.00. The van der Waals surface area contributed by atoms with E-state index < -0.39 is 0 Å². The average molecular weight is 387 g/mol. The van der Waals surface area contributed by atoms with E-state index in [9.17, 15) is 4.79 Å². The van der Waals surface area contributed by atoms with Crippen LogP contribution >= 0.6 is 12.2 Å². The highest BCUT2D eigenvalue weighted by Crippen LogP contribution is 2.61. The van der Waals surface area contributed by atoms with E-state index in [0.717, 1.165) is 17.8 Å². The normalized spacial score (nSPS) is 33.6. The van der Waals surface area contributed by atoms with Crippen molar-refractivity contribution >= 4 is 23.2 Å². The molecule has 4 saturated carbocycles. The van der Waals surface area contributed by atoms with Crippen molar-refractivity contribution < 1.29 is 14.3 Å². The molecule has 5 aliphatic rings. The monoisotopic (exact) mass is 386 g/mol. The Morgan fingerprint density at radius 1 is 1.11 bits per heavy atom. The minimum absolute atomic E-state index is 0.197. The van der Waals surface area contributed by atoms with Crippen molar-refractivity contribution in [2.24, 2.45) is 23.2 Å². The second-order valence-corrected chi connectivity index (χ2v) is 9.41. The standard InChI is InChI=1S/C21H26N2O3S/c1-12(21-8-13-4-14(9-21)6-15(5-13)10-21)22-20(27)23-19(24)16-2-3-17-18(7-16)26-11-25-17/h2-3,7,12-15H,4-6,8-11H2,1H3,(H2,22,23,24,27)/t12-,13?,14?,15?,21?/m0/s1. The first kappa shape index (κ1) is 17.3. The molecule has 0 spiro atoms. The summed E-state index contributed by atoms with van der Waals surface area (Å²) in [6, 6.07) is 5.47. The highest BCUT2D eigenvalue weighted by molar-refractivity contribution is 7.80. The minimum atomic E-state index is -0.219. The highest BCUT2D eigenvalue weighted by atomic mass is 32.1. The van der Waals surface area contributed by atoms with Crippen molar-refractivity contribution in [3.8, 4) is 11.5 Å². The highest BCUT2D eigenvalue weighted by Gasteiger charge is 2.53. The van der Waals surface area contributed by atoms with Crippen LogP contribution in [0.25, 0.3) is 0 Å². The summed E-state index contributed by atoms with van der Waals surface area (Å²) in [4.78, 5) is 12.5. The summed E-state index contributed by atoms with van der Waals surface area (Å²) in [6.07, 6.45) is 8.22. The van der Waals surface area contributed by atoms with E-state index in [-0.39, 0.29) is 18.7 Å². The number of carbonyl (C=O) groups is 1. The van der Waals surface area contributed by atoms with E-state index >= 15 is 0 Å². The molecule has 144 valence electrons. The fourth-order valence-corrected chi connectivity index (χ4v) is 6.58. The van der Waals surface area contributed by atoms with E-state index in [2.05, 4.69) is 17.6 Å². The average Bonchev–Trinajstić information content (AvgIpc) is 3.08. The summed E-state index contributed by atoms with van der Waals surface area (Å²) in [5.74, 6) is 3.75. The maximum absolute atomic E-state index is 12.5. The van der Waals surface area contributed by atoms with Crippen molar-refractivity contribution in [2.45, 2.75) is 51.5 Å². The lowest BCUT2D eigenvalue weighted by Gasteiger charge is -2.59. The van der Waals surface area contributed by atoms with Crippen LogP contribution in [0.5, 0.6) is 11.5 Å². The first-order valence-corrected chi connectivity index (χ1v) is 10.4. The summed E-state index contributed by atoms with van der Waals surface area (Å²) in [6.45, 7) is 2.44. The van der Waals surface area contributed by atoms with Crippen LogP contribution in [0.4, 0.5) is 0 Å². The van der Waals surface area contributed by atoms with Crippen LogP contribution in [0.3, 0.4) is 0 Å². The first-order valence-electron chi connectivity index (χ1n) is 10.0. The van der Waals surface area contributed by atoms with Crippen LogP contribution in [0.2, 0.25) is 0 Å². The Morgan fingerprint density at radius 3 is 2.41 bits per heavy atom. The van der Waals surface area contributed by atoms with Crippen LogP contribution in [0.15, 0.2) is 18.2 Å². The number of nitrogens with one attached hydrogen (secondary N) is 2. The van der Waals surface area contributed by atoms with Crippen LogP contribution in [-0.2, 0) is 0 Å². The molecule has 0 radical (unpaired) electrons. The van der Waals surface area contributed by atoms with E-state index in [1.807, 2.05) is 0 Å². The zero-order valence-corrected chi connectivity index (χ0v) is 16.4. The third-order valence-electron chi connectivity index (χ3n) is 7.21. The van der Waals surface area contributed by atoms with Crippen molar-refractivity contribution in [2.75, 3.05) is 6.79 Å². The third-order valence-corrected chi connectivity index (χ3v) is 7.43. The predicted molar refractivity (Wildman–Crippen MR) is 106 cm³/mol. The molecule has 4 fully saturated rings. The van der Waals surface area contributed by atoms with Gasteiger partial charge in [0.15, 0.2) is 16.6 Å². The van der Waals surface area contributed by atoms with Crippen LogP contribution in [0.1, 0.15) is 55.8 Å². The van der Waals surface area contributed by atoms with Gasteiger partial charge in [-0.1, -0.05) is 0 Å². The molecule has 0 unspecified atom stereocenters. The number of thiocarbonyl (C=S) groups is 1. The number of ether oxygens (including phenoxy) is 2. The van der Waals surface area contributed by atoms with E-state index in [4.69, 9.17) is 21.7 Å². The Hall–Kier alpha value is -1.82. The van der Waals surface area contributed by atoms with E-state index in [1.54, 1.807) is 18.2 Å². The van der Waals surface area contributed by atoms with Crippen LogP contribution in [-0.4, -0.2) is 23.9 Å². The first-order chi connectivity index (χ1) is 13.0. The Kier molecular flexibility index (Phi) is 4.08. The summed E-state index contributed by atoms with van der Waals surface area (Å²) in [7, 11) is 0. The zero-order valence-electron chi connectivity index (χ0n) is 15.6. The fourth-order valence-electron chi connectivity index (χ4n) is 6.31. The maximum Gasteiger partial charge on any atom is 0.257 e. The SMILES string of the molecule is C[C@H](NC(=S)NC(=O)c1ccc2c(c1)OCO2)C12CC3CC(CC(C3)C1)C2. The van der Waals surface area contributed by atoms with Gasteiger partial charge in [0.1, 0.15) is 0 Å². The molecule has 2 N–H and O–H groups in total. The number of hydrogen-bond acceptors (Lipinski definition) is 4. The number of fused-ring (bicyclic) bond motifs is 1. The fraction of sp³-hybridized carbons (Fsp3) is 0.619. The second kappa shape index (κ2) is 6.36. The lowest BCUT2D eigenvalue weighted by molar-refractivity contribution is -0.0672. The third kappa shape index (κ3) is 3.08. The molecule has 1 heterocycles. The Balaban J connectivity index is 1.22. The topological polar surface area (TPSA) is 59.6 Å². The van der Waals surface area contributed by atoms with Crippen molar-refractivity contribution in [3.05, 3.63) is 23.8 Å². The molecular weight excluding hydrogens is 360 g/mol. The molecule has 0 aromatic heterocycles. The van der Waals surface area contributed by atoms with Crippen molar-refractivity contribution in [1.29, 1.82) is 0 Å². The zero-order chi connectivity index (χ0) is 18.6. The molecule has 4 bridgehead atoms. The van der Waals surface area contributed by atoms with Gasteiger partial charge in [-0.25, -0.2) is 0 Å². The number of hydrogen-bond donors (Lipinski definition) is 2. The molecule has 27 heavy (non-hydrogen) atoms. The van der Waals surface area contributed by atoms with Gasteiger partial charge >= 0.3 is 0 Å². The van der Waals surface area contributed by atoms with Crippen molar-refractivity contribution in [3.63, 3.8) is 0 Å². The molecule has 0 saturated heterocycles. The van der Waals surface area contributed by atoms with Gasteiger partial charge in [-0.05, 0) is 99.0 Å². The largest absolute Gasteiger partial charge is 0.454 e. The Labute approximate surface area is 165 Å². The van der Waals surface area contributed by atoms with Gasteiger partial charge < -0.3 is 14.8 Å². The molecule has 1 aromatic carbocycles. The quantitative estimate of drug-likeness (QED) is 0.777. The number of carbonyl (C=O) groups excluding carboxylic acids is 1. The molecule has 6 rings (SSSR count). The Bertz CT molecular complexity index is 758. The lowest BCUT2D eigenvalue weighted by atomic mass is 9.48. The lowest BCUT2D eigenvalue weighted by Crippen LogP contribution is -2.57. The van der Waals surface area contributed by atoms with E-state index in [1.165, 1.54) is 38.5 Å². The summed E-state index contributed by atoms with van der Waals surface area (Å²) >= 11 is 5.46. The van der Waals surface area contributed by atoms with Gasteiger partial charge in [-0.3, -0.25) is 10.1 Å². The van der Waals surface area contributed by atoms with Gasteiger partial charge in [0, 0.05) is 11.6 Å². The molecule has 6 heteroatoms. The maximum atomic E-state index is 12.5. The van der Waals surface area contributed by atoms with Gasteiger partial charge in [-0.15, -0.1) is 0 Å². The molecule has 1 amide bonds. The van der Waals surface area contributed by atoms with Gasteiger partial charge in [0.25, 0.3) is 5.91 Å². The molecule has 4 aliphatic carbocycles. The Morgan fingerprint density at radius 2 is 1.74 bits per heavy atom. The molecule has 1 aliphatic heterocycles. The summed E-state index contributed by atoms with van der Waals surface area (Å²) in [5.41, 5.74) is 0.869. The molecule has 1 atom stereocenters. The van der Waals surface area contributed by atoms with Gasteiger partial charge in [-0.2, -0.15) is 0 Å².